The Balaban J connectivity index is 1.19. The van der Waals surface area contributed by atoms with Crippen LogP contribution in [0.3, 0.4) is 0 Å². The number of hydrogen-bond acceptors (Lipinski definition) is 4. The fourth-order valence-electron chi connectivity index (χ4n) is 10.4. The maximum Gasteiger partial charge on any atom is 0.263 e. The first kappa shape index (κ1) is 30.1. The summed E-state index contributed by atoms with van der Waals surface area (Å²) >= 11 is 0. The smallest absolute Gasteiger partial charge is 0.263 e. The number of carbonyl (C=O) groups is 1. The second-order valence-corrected chi connectivity index (χ2v) is 15.4. The van der Waals surface area contributed by atoms with Crippen LogP contribution in [0.4, 0.5) is 0 Å². The predicted octanol–water partition coefficient (Wildman–Crippen LogP) is 7.77. The van der Waals surface area contributed by atoms with Crippen molar-refractivity contribution in [1.29, 1.82) is 0 Å². The standard InChI is InChI=1S/C35H58N2O3/c1-7-27-20-28(38)21-37(27)33(39)22-40-36-26-15-17-34(5)25(19-26)11-12-29-31-14-13-30(24(4)10-8-9-23(2)3)35(31,6)18-16-32(29)34/h11,23-24,27-32,38H,7-10,12-22H2,1-6H3/b36-26+/t24-,27-,28-,29+,30-,31+,32+,34+,35-/m1/s1. The first-order valence-corrected chi connectivity index (χ1v) is 16.9. The van der Waals surface area contributed by atoms with Gasteiger partial charge >= 0.3 is 0 Å². The van der Waals surface area contributed by atoms with Crippen LogP contribution in [0, 0.1) is 46.3 Å². The molecule has 0 unspecified atom stereocenters. The van der Waals surface area contributed by atoms with Gasteiger partial charge in [-0.1, -0.05) is 77.6 Å². The molecular weight excluding hydrogens is 496 g/mol. The van der Waals surface area contributed by atoms with Crippen molar-refractivity contribution in [2.24, 2.45) is 51.5 Å². The lowest BCUT2D eigenvalue weighted by atomic mass is 9.47. The van der Waals surface area contributed by atoms with Gasteiger partial charge < -0.3 is 14.8 Å². The van der Waals surface area contributed by atoms with E-state index in [1.807, 2.05) is 0 Å². The van der Waals surface area contributed by atoms with Gasteiger partial charge in [-0.3, -0.25) is 4.79 Å². The largest absolute Gasteiger partial charge is 0.391 e. The number of allylic oxidation sites excluding steroid dienone is 2. The Morgan fingerprint density at radius 3 is 2.70 bits per heavy atom. The van der Waals surface area contributed by atoms with Gasteiger partial charge in [0.1, 0.15) is 0 Å². The van der Waals surface area contributed by atoms with Crippen molar-refractivity contribution in [2.75, 3.05) is 13.2 Å². The molecule has 0 aromatic rings. The highest BCUT2D eigenvalue weighted by Crippen LogP contribution is 2.67. The van der Waals surface area contributed by atoms with E-state index in [2.05, 4.69) is 52.8 Å². The van der Waals surface area contributed by atoms with Crippen LogP contribution in [0.25, 0.3) is 0 Å². The number of hydrogen-bond donors (Lipinski definition) is 1. The molecule has 1 aliphatic heterocycles. The molecule has 5 aliphatic rings. The van der Waals surface area contributed by atoms with Crippen LogP contribution < -0.4 is 0 Å². The number of nitrogens with zero attached hydrogens (tertiary/aromatic N) is 2. The Kier molecular flexibility index (Phi) is 9.10. The van der Waals surface area contributed by atoms with E-state index in [4.69, 9.17) is 4.84 Å². The summed E-state index contributed by atoms with van der Waals surface area (Å²) in [7, 11) is 0. The summed E-state index contributed by atoms with van der Waals surface area (Å²) in [6.07, 6.45) is 17.9. The Bertz CT molecular complexity index is 974. The molecule has 40 heavy (non-hydrogen) atoms. The van der Waals surface area contributed by atoms with Gasteiger partial charge in [-0.2, -0.15) is 0 Å². The zero-order valence-corrected chi connectivity index (χ0v) is 26.5. The van der Waals surface area contributed by atoms with Crippen LogP contribution in [0.15, 0.2) is 16.8 Å². The zero-order valence-electron chi connectivity index (χ0n) is 26.5. The fourth-order valence-corrected chi connectivity index (χ4v) is 10.4. The second-order valence-electron chi connectivity index (χ2n) is 15.4. The molecule has 0 radical (unpaired) electrons. The van der Waals surface area contributed by atoms with E-state index in [1.165, 1.54) is 51.4 Å². The number of fused-ring (bicyclic) bond motifs is 5. The van der Waals surface area contributed by atoms with Gasteiger partial charge in [0.15, 0.2) is 6.61 Å². The number of rotatable bonds is 9. The third-order valence-corrected chi connectivity index (χ3v) is 12.7. The highest BCUT2D eigenvalue weighted by Gasteiger charge is 2.59. The average Bonchev–Trinajstić information content (AvgIpc) is 3.47. The molecule has 1 amide bonds. The van der Waals surface area contributed by atoms with E-state index in [0.717, 1.165) is 66.9 Å². The third kappa shape index (κ3) is 5.66. The van der Waals surface area contributed by atoms with Crippen molar-refractivity contribution in [1.82, 2.24) is 4.90 Å². The first-order chi connectivity index (χ1) is 19.1. The van der Waals surface area contributed by atoms with Gasteiger partial charge in [-0.05, 0) is 104 Å². The Labute approximate surface area is 244 Å². The van der Waals surface area contributed by atoms with Gasteiger partial charge in [0, 0.05) is 19.0 Å². The summed E-state index contributed by atoms with van der Waals surface area (Å²) in [6.45, 7) is 15.0. The van der Waals surface area contributed by atoms with Gasteiger partial charge in [0.2, 0.25) is 0 Å². The maximum absolute atomic E-state index is 12.7. The summed E-state index contributed by atoms with van der Waals surface area (Å²) in [5.41, 5.74) is 3.51. The third-order valence-electron chi connectivity index (χ3n) is 12.7. The van der Waals surface area contributed by atoms with E-state index in [1.54, 1.807) is 10.5 Å². The number of likely N-dealkylation sites (tertiary alicyclic amines) is 1. The summed E-state index contributed by atoms with van der Waals surface area (Å²) in [6, 6.07) is 0.120. The van der Waals surface area contributed by atoms with Crippen molar-refractivity contribution in [3.05, 3.63) is 11.6 Å². The van der Waals surface area contributed by atoms with E-state index >= 15 is 0 Å². The van der Waals surface area contributed by atoms with Crippen molar-refractivity contribution >= 4 is 11.6 Å². The Morgan fingerprint density at radius 2 is 1.95 bits per heavy atom. The lowest BCUT2D eigenvalue weighted by Gasteiger charge is -2.58. The normalized spacial score (nSPS) is 41.0. The molecule has 5 heteroatoms. The van der Waals surface area contributed by atoms with E-state index in [-0.39, 0.29) is 18.6 Å². The molecule has 0 aromatic heterocycles. The molecular formula is C35H58N2O3. The minimum atomic E-state index is -0.413. The Hall–Kier alpha value is -1.36. The van der Waals surface area contributed by atoms with Crippen molar-refractivity contribution in [3.63, 3.8) is 0 Å². The number of carbonyl (C=O) groups excluding carboxylic acids is 1. The molecule has 5 nitrogen and oxygen atoms in total. The molecule has 3 saturated carbocycles. The van der Waals surface area contributed by atoms with Crippen molar-refractivity contribution < 1.29 is 14.7 Å². The molecule has 0 aromatic carbocycles. The Morgan fingerprint density at radius 1 is 1.15 bits per heavy atom. The van der Waals surface area contributed by atoms with Crippen LogP contribution in [0.5, 0.6) is 0 Å². The molecule has 5 rings (SSSR count). The molecule has 0 spiro atoms. The van der Waals surface area contributed by atoms with Gasteiger partial charge in [-0.25, -0.2) is 0 Å². The van der Waals surface area contributed by atoms with Crippen LogP contribution in [-0.4, -0.2) is 46.9 Å². The number of amides is 1. The molecule has 4 fully saturated rings. The van der Waals surface area contributed by atoms with Gasteiger partial charge in [0.05, 0.1) is 11.8 Å². The predicted molar refractivity (Wildman–Crippen MR) is 163 cm³/mol. The number of oxime groups is 1. The van der Waals surface area contributed by atoms with Crippen molar-refractivity contribution in [3.8, 4) is 0 Å². The zero-order chi connectivity index (χ0) is 28.7. The summed E-state index contributed by atoms with van der Waals surface area (Å²) in [5, 5.41) is 14.5. The minimum absolute atomic E-state index is 0.0228. The lowest BCUT2D eigenvalue weighted by Crippen LogP contribution is -2.50. The van der Waals surface area contributed by atoms with Crippen LogP contribution in [0.2, 0.25) is 0 Å². The first-order valence-electron chi connectivity index (χ1n) is 16.9. The van der Waals surface area contributed by atoms with Gasteiger partial charge in [0.25, 0.3) is 5.91 Å². The number of aliphatic hydroxyl groups is 1. The number of β-amino-alcohol motifs (C(OH)–C–C–N with tert-alkyl or cyclic N) is 1. The van der Waals surface area contributed by atoms with Crippen molar-refractivity contribution in [2.45, 2.75) is 137 Å². The van der Waals surface area contributed by atoms with E-state index in [9.17, 15) is 9.90 Å². The van der Waals surface area contributed by atoms with E-state index in [0.29, 0.717) is 23.8 Å². The average molecular weight is 555 g/mol. The maximum atomic E-state index is 12.7. The molecule has 9 atom stereocenters. The highest BCUT2D eigenvalue weighted by molar-refractivity contribution is 5.88. The molecule has 1 heterocycles. The minimum Gasteiger partial charge on any atom is -0.391 e. The van der Waals surface area contributed by atoms with Gasteiger partial charge in [-0.15, -0.1) is 0 Å². The van der Waals surface area contributed by atoms with Crippen LogP contribution in [0.1, 0.15) is 125 Å². The van der Waals surface area contributed by atoms with Crippen LogP contribution >= 0.6 is 0 Å². The summed E-state index contributed by atoms with van der Waals surface area (Å²) in [4.78, 5) is 20.1. The lowest BCUT2D eigenvalue weighted by molar-refractivity contribution is -0.137. The fraction of sp³-hybridized carbons (Fsp3) is 0.886. The highest BCUT2D eigenvalue weighted by atomic mass is 16.6. The van der Waals surface area contributed by atoms with E-state index < -0.39 is 6.10 Å². The SMILES string of the molecule is CC[C@@H]1C[C@@H](O)CN1C(=O)CO/N=C1\CC[C@@]2(C)C(=CC[C@H]3[C@@H]4CC[C@H]([C@H](C)CCCC(C)C)[C@@]4(C)CC[C@@H]32)C1. The number of aliphatic hydroxyl groups excluding tert-OH is 1. The summed E-state index contributed by atoms with van der Waals surface area (Å²) in [5.74, 6) is 5.07. The molecule has 226 valence electrons. The molecule has 1 N–H and O–H groups in total. The second kappa shape index (κ2) is 12.1. The molecule has 0 bridgehead atoms. The molecule has 1 saturated heterocycles. The quantitative estimate of drug-likeness (QED) is 0.234. The van der Waals surface area contributed by atoms with Crippen LogP contribution in [-0.2, 0) is 9.63 Å². The monoisotopic (exact) mass is 554 g/mol. The topological polar surface area (TPSA) is 62.1 Å². The molecule has 4 aliphatic carbocycles. The summed E-state index contributed by atoms with van der Waals surface area (Å²) < 4.78 is 0.